The van der Waals surface area contributed by atoms with E-state index in [1.807, 2.05) is 0 Å². The summed E-state index contributed by atoms with van der Waals surface area (Å²) < 4.78 is 0.747. The van der Waals surface area contributed by atoms with E-state index < -0.39 is 0 Å². The number of thiocarbonyl (C=S) groups is 1. The van der Waals surface area contributed by atoms with Crippen molar-refractivity contribution >= 4 is 29.2 Å². The van der Waals surface area contributed by atoms with Crippen molar-refractivity contribution in [2.24, 2.45) is 0 Å². The molecule has 0 aromatic carbocycles. The molecule has 0 bridgehead atoms. The van der Waals surface area contributed by atoms with Gasteiger partial charge in [0.2, 0.25) is 0 Å². The van der Waals surface area contributed by atoms with Crippen LogP contribution >= 0.6 is 24.8 Å². The normalized spacial score (nSPS) is 9.15. The number of unbranched alkanes of at least 4 members (excludes halogenated alkanes) is 2. The predicted octanol–water partition coefficient (Wildman–Crippen LogP) is 3.10. The Morgan fingerprint density at radius 3 is 1.77 bits per heavy atom. The first-order valence-electron chi connectivity index (χ1n) is 4.70. The molecule has 83 valence electrons. The van der Waals surface area contributed by atoms with E-state index in [0.29, 0.717) is 0 Å². The molecule has 0 heterocycles. The summed E-state index contributed by atoms with van der Waals surface area (Å²) in [6.45, 7) is 6.52. The van der Waals surface area contributed by atoms with Crippen LogP contribution < -0.4 is 0 Å². The van der Waals surface area contributed by atoms with E-state index in [9.17, 15) is 0 Å². The van der Waals surface area contributed by atoms with E-state index in [4.69, 9.17) is 12.2 Å². The van der Waals surface area contributed by atoms with E-state index in [-0.39, 0.29) is 17.1 Å². The third-order valence-electron chi connectivity index (χ3n) is 1.83. The summed E-state index contributed by atoms with van der Waals surface area (Å²) in [7, 11) is 0. The van der Waals surface area contributed by atoms with Crippen molar-refractivity contribution in [1.29, 1.82) is 0 Å². The van der Waals surface area contributed by atoms with Gasteiger partial charge in [-0.2, -0.15) is 0 Å². The van der Waals surface area contributed by atoms with Gasteiger partial charge in [0, 0.05) is 30.2 Å². The molecule has 0 aromatic heterocycles. The Morgan fingerprint density at radius 1 is 1.15 bits per heavy atom. The zero-order valence-electron chi connectivity index (χ0n) is 8.35. The van der Waals surface area contributed by atoms with Crippen LogP contribution in [-0.2, 0) is 17.1 Å². The van der Waals surface area contributed by atoms with Crippen molar-refractivity contribution < 1.29 is 17.1 Å². The maximum absolute atomic E-state index is 5.03. The zero-order chi connectivity index (χ0) is 9.40. The maximum Gasteiger partial charge on any atom is 0.133 e. The first-order chi connectivity index (χ1) is 5.72. The average molecular weight is 269 g/mol. The second-order valence-corrected chi connectivity index (χ2v) is 4.09. The van der Waals surface area contributed by atoms with Crippen LogP contribution in [0.25, 0.3) is 0 Å². The van der Waals surface area contributed by atoms with Gasteiger partial charge in [0.05, 0.1) is 0 Å². The molecule has 0 saturated carbocycles. The van der Waals surface area contributed by atoms with Gasteiger partial charge in [0.15, 0.2) is 0 Å². The summed E-state index contributed by atoms with van der Waals surface area (Å²) >= 11 is 9.23. The van der Waals surface area contributed by atoms with Gasteiger partial charge in [-0.05, 0) is 12.8 Å². The van der Waals surface area contributed by atoms with Crippen molar-refractivity contribution in [3.05, 3.63) is 0 Å². The van der Waals surface area contributed by atoms with Crippen LogP contribution in [0.3, 0.4) is 0 Å². The molecular formula is C9H19CuNS2. The van der Waals surface area contributed by atoms with Crippen molar-refractivity contribution in [3.8, 4) is 0 Å². The minimum atomic E-state index is 0. The molecule has 1 radical (unpaired) electrons. The van der Waals surface area contributed by atoms with E-state index in [0.717, 1.165) is 17.4 Å². The fraction of sp³-hybridized carbons (Fsp3) is 0.889. The van der Waals surface area contributed by atoms with Crippen LogP contribution in [0, 0.1) is 0 Å². The van der Waals surface area contributed by atoms with E-state index in [1.165, 1.54) is 25.7 Å². The number of thiol groups is 1. The van der Waals surface area contributed by atoms with E-state index >= 15 is 0 Å². The topological polar surface area (TPSA) is 3.24 Å². The maximum atomic E-state index is 5.03. The van der Waals surface area contributed by atoms with Crippen LogP contribution in [0.4, 0.5) is 0 Å². The Morgan fingerprint density at radius 2 is 1.54 bits per heavy atom. The fourth-order valence-electron chi connectivity index (χ4n) is 1.00. The van der Waals surface area contributed by atoms with E-state index in [2.05, 4.69) is 31.4 Å². The Bertz CT molecular complexity index is 123. The van der Waals surface area contributed by atoms with Crippen molar-refractivity contribution in [1.82, 2.24) is 4.90 Å². The first kappa shape index (κ1) is 16.2. The molecule has 0 aliphatic carbocycles. The van der Waals surface area contributed by atoms with Gasteiger partial charge in [-0.3, -0.25) is 0 Å². The smallest absolute Gasteiger partial charge is 0.133 e. The van der Waals surface area contributed by atoms with Gasteiger partial charge in [-0.15, -0.1) is 12.6 Å². The monoisotopic (exact) mass is 268 g/mol. The molecule has 0 rings (SSSR count). The van der Waals surface area contributed by atoms with Crippen molar-refractivity contribution in [2.45, 2.75) is 39.5 Å². The summed E-state index contributed by atoms with van der Waals surface area (Å²) in [6, 6.07) is 0. The summed E-state index contributed by atoms with van der Waals surface area (Å²) in [6.07, 6.45) is 4.87. The van der Waals surface area contributed by atoms with Gasteiger partial charge in [0.1, 0.15) is 4.32 Å². The second kappa shape index (κ2) is 10.8. The molecule has 1 nitrogen and oxygen atoms in total. The SMILES string of the molecule is CCCCN(CCCC)C(=S)S.[Cu]. The minimum absolute atomic E-state index is 0. The average Bonchev–Trinajstić information content (AvgIpc) is 2.04. The van der Waals surface area contributed by atoms with Crippen LogP contribution in [-0.4, -0.2) is 22.3 Å². The van der Waals surface area contributed by atoms with Crippen LogP contribution in [0.1, 0.15) is 39.5 Å². The molecule has 13 heavy (non-hydrogen) atoms. The molecule has 0 N–H and O–H groups in total. The molecule has 0 spiro atoms. The van der Waals surface area contributed by atoms with Crippen LogP contribution in [0.5, 0.6) is 0 Å². The van der Waals surface area contributed by atoms with Gasteiger partial charge >= 0.3 is 0 Å². The first-order valence-corrected chi connectivity index (χ1v) is 5.55. The van der Waals surface area contributed by atoms with Crippen LogP contribution in [0.15, 0.2) is 0 Å². The van der Waals surface area contributed by atoms with Gasteiger partial charge in [0.25, 0.3) is 0 Å². The number of hydrogen-bond donors (Lipinski definition) is 1. The van der Waals surface area contributed by atoms with Gasteiger partial charge in [-0.1, -0.05) is 38.9 Å². The molecule has 0 fully saturated rings. The zero-order valence-corrected chi connectivity index (χ0v) is 11.0. The second-order valence-electron chi connectivity index (χ2n) is 2.98. The van der Waals surface area contributed by atoms with Crippen molar-refractivity contribution in [2.75, 3.05) is 13.1 Å². The Hall–Kier alpha value is 0.759. The third kappa shape index (κ3) is 9.07. The largest absolute Gasteiger partial charge is 0.358 e. The van der Waals surface area contributed by atoms with Gasteiger partial charge in [-0.25, -0.2) is 0 Å². The summed E-state index contributed by atoms with van der Waals surface area (Å²) in [5.74, 6) is 0. The third-order valence-corrected chi connectivity index (χ3v) is 2.37. The Balaban J connectivity index is 0. The van der Waals surface area contributed by atoms with Crippen molar-refractivity contribution in [3.63, 3.8) is 0 Å². The molecule has 0 unspecified atom stereocenters. The minimum Gasteiger partial charge on any atom is -0.358 e. The fourth-order valence-corrected chi connectivity index (χ4v) is 1.38. The standard InChI is InChI=1S/C9H19NS2.Cu/c1-3-5-7-10(9(11)12)8-6-4-2;/h3-8H2,1-2H3,(H,11,12);. The molecule has 0 aliphatic rings. The molecule has 0 atom stereocenters. The quantitative estimate of drug-likeness (QED) is 0.448. The summed E-state index contributed by atoms with van der Waals surface area (Å²) in [4.78, 5) is 2.19. The molecule has 0 amide bonds. The van der Waals surface area contributed by atoms with Crippen LogP contribution in [0.2, 0.25) is 0 Å². The number of rotatable bonds is 6. The molecule has 0 saturated heterocycles. The molecular weight excluding hydrogens is 250 g/mol. The molecule has 0 aromatic rings. The number of hydrogen-bond acceptors (Lipinski definition) is 1. The number of nitrogens with zero attached hydrogens (tertiary/aromatic N) is 1. The Labute approximate surface area is 104 Å². The summed E-state index contributed by atoms with van der Waals surface area (Å²) in [5.41, 5.74) is 0. The molecule has 0 aliphatic heterocycles. The Kier molecular flexibility index (Phi) is 13.5. The predicted molar refractivity (Wildman–Crippen MR) is 63.0 cm³/mol. The summed E-state index contributed by atoms with van der Waals surface area (Å²) in [5, 5.41) is 0. The van der Waals surface area contributed by atoms with Gasteiger partial charge < -0.3 is 4.90 Å². The van der Waals surface area contributed by atoms with E-state index in [1.54, 1.807) is 0 Å². The molecule has 4 heteroatoms.